The van der Waals surface area contributed by atoms with Crippen LogP contribution < -0.4 is 25.9 Å². The molecule has 0 bridgehead atoms. The van der Waals surface area contributed by atoms with Crippen LogP contribution in [0.2, 0.25) is 0 Å². The number of carbonyl (C=O) groups is 2. The minimum absolute atomic E-state index is 0. The van der Waals surface area contributed by atoms with E-state index in [1.807, 2.05) is 51.1 Å². The van der Waals surface area contributed by atoms with Crippen LogP contribution in [0.5, 0.6) is 0 Å². The van der Waals surface area contributed by atoms with Gasteiger partial charge in [-0.25, -0.2) is 4.79 Å². The first-order valence-electron chi connectivity index (χ1n) is 13.1. The molecule has 0 aliphatic rings. The van der Waals surface area contributed by atoms with Gasteiger partial charge in [-0.15, -0.1) is 29.9 Å². The Hall–Kier alpha value is -1.53. The first-order valence-corrected chi connectivity index (χ1v) is 13.1. The van der Waals surface area contributed by atoms with E-state index in [1.54, 1.807) is 69.5 Å². The van der Waals surface area contributed by atoms with Crippen LogP contribution in [0.15, 0.2) is 30.3 Å². The van der Waals surface area contributed by atoms with Crippen molar-refractivity contribution < 1.29 is 61.3 Å². The van der Waals surface area contributed by atoms with Gasteiger partial charge in [-0.05, 0) is 11.0 Å². The van der Waals surface area contributed by atoms with Crippen LogP contribution >= 0.6 is 0 Å². The van der Waals surface area contributed by atoms with Gasteiger partial charge in [0.1, 0.15) is 6.04 Å². The molecule has 1 amide bonds. The average molecular weight is 607 g/mol. The summed E-state index contributed by atoms with van der Waals surface area (Å²) in [4.78, 5) is 30.0. The van der Waals surface area contributed by atoms with Crippen LogP contribution in [0.25, 0.3) is 0 Å². The number of nitrogens with zero attached hydrogens (tertiary/aromatic N) is 1. The zero-order valence-corrected chi connectivity index (χ0v) is 28.5. The van der Waals surface area contributed by atoms with Crippen molar-refractivity contribution in [1.82, 2.24) is 10.4 Å². The molecule has 0 saturated carbocycles. The Morgan fingerprint density at radius 3 is 1.45 bits per heavy atom. The van der Waals surface area contributed by atoms with Gasteiger partial charge in [0.05, 0.1) is 6.61 Å². The molecular weight excluding hydrogens is 552 g/mol. The molecule has 0 saturated heterocycles. The third kappa shape index (κ3) is 52.8. The summed E-state index contributed by atoms with van der Waals surface area (Å²) in [5.41, 5.74) is 3.33. The van der Waals surface area contributed by atoms with Crippen LogP contribution in [0, 0.1) is 5.41 Å². The summed E-state index contributed by atoms with van der Waals surface area (Å²) in [6, 6.07) is 8.72. The van der Waals surface area contributed by atoms with E-state index in [0.717, 1.165) is 5.56 Å². The maximum atomic E-state index is 12.3. The molecule has 0 aliphatic carbocycles. The predicted octanol–water partition coefficient (Wildman–Crippen LogP) is 1.41. The fourth-order valence-corrected chi connectivity index (χ4v) is 1.62. The van der Waals surface area contributed by atoms with Gasteiger partial charge in [-0.3, -0.25) is 4.79 Å². The van der Waals surface area contributed by atoms with E-state index in [4.69, 9.17) is 9.57 Å². The third-order valence-electron chi connectivity index (χ3n) is 2.87. The zero-order valence-electron chi connectivity index (χ0n) is 26.9. The molecular formula is C29H54N2O8Ti. The van der Waals surface area contributed by atoms with Crippen LogP contribution in [0.4, 0.5) is 4.79 Å². The number of rotatable bonds is 6. The van der Waals surface area contributed by atoms with Crippen LogP contribution in [0.3, 0.4) is 0 Å². The van der Waals surface area contributed by atoms with E-state index in [9.17, 15) is 30.0 Å². The number of hydroxylamine groups is 1. The van der Waals surface area contributed by atoms with Crippen LogP contribution in [0.1, 0.15) is 81.7 Å². The number of esters is 1. The maximum absolute atomic E-state index is 12.3. The van der Waals surface area contributed by atoms with Crippen molar-refractivity contribution in [2.75, 3.05) is 20.7 Å². The minimum Gasteiger partial charge on any atom is -0.852 e. The summed E-state index contributed by atoms with van der Waals surface area (Å²) in [6.45, 7) is 19.1. The van der Waals surface area contributed by atoms with Crippen molar-refractivity contribution >= 4 is 12.1 Å². The normalized spacial score (nSPS) is 10.7. The summed E-state index contributed by atoms with van der Waals surface area (Å²) < 4.78 is 5.33. The van der Waals surface area contributed by atoms with Crippen molar-refractivity contribution in [3.05, 3.63) is 35.9 Å². The van der Waals surface area contributed by atoms with E-state index in [1.165, 1.54) is 4.90 Å². The smallest absolute Gasteiger partial charge is 0.852 e. The number of hydrogen-bond donors (Lipinski definition) is 1. The monoisotopic (exact) mass is 606 g/mol. The molecule has 11 heteroatoms. The topological polar surface area (TPSA) is 160 Å². The molecule has 0 aliphatic heterocycles. The molecule has 0 heterocycles. The quantitative estimate of drug-likeness (QED) is 0.287. The summed E-state index contributed by atoms with van der Waals surface area (Å²) in [6.07, 6.45) is -1.88. The largest absolute Gasteiger partial charge is 4.00 e. The molecule has 0 fully saturated rings. The minimum atomic E-state index is -0.761. The Kier molecular flexibility index (Phi) is 34.9. The standard InChI is InChI=1S/C17H26N2O4.4C3H7O.Ti/c1-17(2,3)12-22-15(20)14(18-23-16(21)19(4)5)11-13-9-7-6-8-10-13;4*1-3(2)4;/h6-10,14,18H,11-12H2,1-5H3;4*3H,1-2H3;/q;4*-1;+4/t14-;;;;;/m0...../s1. The zero-order chi connectivity index (χ0) is 31.8. The van der Waals surface area contributed by atoms with Crippen molar-refractivity contribution in [3.8, 4) is 0 Å². The van der Waals surface area contributed by atoms with Crippen LogP contribution in [-0.2, 0) is 42.5 Å². The average Bonchev–Trinajstić information content (AvgIpc) is 2.73. The first-order chi connectivity index (χ1) is 17.6. The van der Waals surface area contributed by atoms with Gasteiger partial charge < -0.3 is 34.9 Å². The maximum Gasteiger partial charge on any atom is 4.00 e. The molecule has 1 rings (SSSR count). The molecule has 0 aromatic heterocycles. The summed E-state index contributed by atoms with van der Waals surface area (Å²) in [5, 5.41) is 38.1. The van der Waals surface area contributed by atoms with Crippen molar-refractivity contribution in [2.45, 2.75) is 113 Å². The number of hydrogen-bond acceptors (Lipinski definition) is 9. The second kappa shape index (κ2) is 29.0. The molecule has 1 N–H and O–H groups in total. The van der Waals surface area contributed by atoms with Gasteiger partial charge in [-0.1, -0.05) is 106 Å². The van der Waals surface area contributed by atoms with Crippen molar-refractivity contribution in [1.29, 1.82) is 0 Å². The number of ether oxygens (including phenoxy) is 1. The number of amides is 1. The summed E-state index contributed by atoms with van der Waals surface area (Å²) in [5.74, 6) is -0.449. The molecule has 10 nitrogen and oxygen atoms in total. The second-order valence-corrected chi connectivity index (χ2v) is 11.0. The van der Waals surface area contributed by atoms with Gasteiger partial charge in [0.15, 0.2) is 0 Å². The van der Waals surface area contributed by atoms with E-state index in [0.29, 0.717) is 13.0 Å². The Labute approximate surface area is 258 Å². The van der Waals surface area contributed by atoms with E-state index >= 15 is 0 Å². The number of carbonyl (C=O) groups excluding carboxylic acids is 2. The number of nitrogens with one attached hydrogen (secondary N) is 1. The molecule has 1 aromatic carbocycles. The SMILES string of the molecule is CC(C)[O-].CC(C)[O-].CC(C)[O-].CC(C)[O-].CN(C)C(=O)ON[C@@H](Cc1ccccc1)C(=O)OCC(C)(C)C.[Ti+4]. The molecule has 0 radical (unpaired) electrons. The van der Waals surface area contributed by atoms with E-state index in [2.05, 4.69) is 5.48 Å². The van der Waals surface area contributed by atoms with Gasteiger partial charge in [0.2, 0.25) is 0 Å². The molecule has 0 spiro atoms. The summed E-state index contributed by atoms with van der Waals surface area (Å²) >= 11 is 0. The fourth-order valence-electron chi connectivity index (χ4n) is 1.62. The van der Waals surface area contributed by atoms with E-state index < -0.39 is 42.5 Å². The molecule has 0 unspecified atom stereocenters. The molecule has 1 aromatic rings. The summed E-state index contributed by atoms with van der Waals surface area (Å²) in [7, 11) is 3.13. The third-order valence-corrected chi connectivity index (χ3v) is 2.87. The Bertz CT molecular complexity index is 660. The molecule has 40 heavy (non-hydrogen) atoms. The first kappa shape index (κ1) is 48.2. The predicted molar refractivity (Wildman–Crippen MR) is 148 cm³/mol. The van der Waals surface area contributed by atoms with E-state index in [-0.39, 0.29) is 27.1 Å². The fraction of sp³-hybridized carbons (Fsp3) is 0.724. The van der Waals surface area contributed by atoms with Crippen molar-refractivity contribution in [2.24, 2.45) is 5.41 Å². The molecule has 232 valence electrons. The van der Waals surface area contributed by atoms with Crippen LogP contribution in [-0.4, -0.2) is 68.1 Å². The Morgan fingerprint density at radius 2 is 1.15 bits per heavy atom. The Balaban J connectivity index is -0.000000197. The second-order valence-electron chi connectivity index (χ2n) is 11.0. The van der Waals surface area contributed by atoms with Gasteiger partial charge >= 0.3 is 33.8 Å². The van der Waals surface area contributed by atoms with Gasteiger partial charge in [0, 0.05) is 20.5 Å². The molecule has 1 atom stereocenters. The van der Waals surface area contributed by atoms with Crippen molar-refractivity contribution in [3.63, 3.8) is 0 Å². The van der Waals surface area contributed by atoms with Gasteiger partial charge in [0.25, 0.3) is 0 Å². The number of benzene rings is 1. The van der Waals surface area contributed by atoms with Gasteiger partial charge in [-0.2, -0.15) is 0 Å². The Morgan fingerprint density at radius 1 is 0.800 bits per heavy atom.